The first-order valence-electron chi connectivity index (χ1n) is 5.55. The first-order chi connectivity index (χ1) is 8.19. The van der Waals surface area contributed by atoms with Gasteiger partial charge in [0.15, 0.2) is 0 Å². The molecule has 2 heterocycles. The van der Waals surface area contributed by atoms with Gasteiger partial charge in [-0.15, -0.1) is 0 Å². The van der Waals surface area contributed by atoms with E-state index in [1.165, 1.54) is 5.39 Å². The van der Waals surface area contributed by atoms with Crippen LogP contribution >= 0.6 is 15.9 Å². The number of hydrogen-bond acceptors (Lipinski definition) is 2. The molecule has 0 radical (unpaired) electrons. The van der Waals surface area contributed by atoms with Crippen molar-refractivity contribution < 1.29 is 0 Å². The summed E-state index contributed by atoms with van der Waals surface area (Å²) in [6.45, 7) is 2.09. The van der Waals surface area contributed by atoms with Crippen molar-refractivity contribution in [3.63, 3.8) is 0 Å². The zero-order chi connectivity index (χ0) is 12.0. The van der Waals surface area contributed by atoms with Crippen LogP contribution in [0.1, 0.15) is 12.6 Å². The summed E-state index contributed by atoms with van der Waals surface area (Å²) in [5.74, 6) is 0.579. The molecule has 2 aromatic heterocycles. The maximum Gasteiger partial charge on any atom is 0.124 e. The average Bonchev–Trinajstić information content (AvgIpc) is 2.66. The van der Waals surface area contributed by atoms with Crippen molar-refractivity contribution in [2.75, 3.05) is 5.73 Å². The lowest BCUT2D eigenvalue weighted by Gasteiger charge is -2.00. The molecule has 0 aliphatic rings. The SMILES string of the molecule is CCc1nc(N)cc2c1[nH]c1ccc(Br)cc12. The van der Waals surface area contributed by atoms with E-state index in [0.29, 0.717) is 5.82 Å². The van der Waals surface area contributed by atoms with Crippen LogP contribution in [0.2, 0.25) is 0 Å². The van der Waals surface area contributed by atoms with E-state index in [0.717, 1.165) is 33.0 Å². The summed E-state index contributed by atoms with van der Waals surface area (Å²) in [6.07, 6.45) is 0.871. The minimum Gasteiger partial charge on any atom is -0.384 e. The van der Waals surface area contributed by atoms with Crippen LogP contribution in [0, 0.1) is 0 Å². The molecule has 3 nitrogen and oxygen atoms in total. The number of nitrogens with zero attached hydrogens (tertiary/aromatic N) is 1. The van der Waals surface area contributed by atoms with Gasteiger partial charge in [0, 0.05) is 20.8 Å². The van der Waals surface area contributed by atoms with Crippen molar-refractivity contribution in [3.8, 4) is 0 Å². The molecule has 0 amide bonds. The van der Waals surface area contributed by atoms with Gasteiger partial charge >= 0.3 is 0 Å². The van der Waals surface area contributed by atoms with Gasteiger partial charge in [0.05, 0.1) is 11.2 Å². The van der Waals surface area contributed by atoms with Gasteiger partial charge in [-0.05, 0) is 30.7 Å². The minimum atomic E-state index is 0.579. The molecule has 0 spiro atoms. The molecule has 0 atom stereocenters. The average molecular weight is 290 g/mol. The fourth-order valence-corrected chi connectivity index (χ4v) is 2.57. The number of pyridine rings is 1. The van der Waals surface area contributed by atoms with E-state index < -0.39 is 0 Å². The van der Waals surface area contributed by atoms with Crippen LogP contribution in [0.4, 0.5) is 5.82 Å². The van der Waals surface area contributed by atoms with Gasteiger partial charge in [0.2, 0.25) is 0 Å². The Morgan fingerprint density at radius 1 is 1.29 bits per heavy atom. The molecule has 0 aliphatic carbocycles. The second-order valence-corrected chi connectivity index (χ2v) is 5.00. The first-order valence-corrected chi connectivity index (χ1v) is 6.34. The molecular weight excluding hydrogens is 278 g/mol. The standard InChI is InChI=1S/C13H12BrN3/c1-2-10-13-9(6-12(15)16-10)8-5-7(14)3-4-11(8)17-13/h3-6,17H,2H2,1H3,(H2,15,16). The number of nitrogen functional groups attached to an aromatic ring is 1. The summed E-state index contributed by atoms with van der Waals surface area (Å²) >= 11 is 3.50. The molecule has 3 rings (SSSR count). The number of rotatable bonds is 1. The summed E-state index contributed by atoms with van der Waals surface area (Å²) in [5, 5.41) is 2.32. The second-order valence-electron chi connectivity index (χ2n) is 4.08. The normalized spacial score (nSPS) is 11.4. The fourth-order valence-electron chi connectivity index (χ4n) is 2.21. The lowest BCUT2D eigenvalue weighted by atomic mass is 10.1. The Morgan fingerprint density at radius 2 is 2.12 bits per heavy atom. The summed E-state index contributed by atoms with van der Waals surface area (Å²) in [7, 11) is 0. The fraction of sp³-hybridized carbons (Fsp3) is 0.154. The molecule has 86 valence electrons. The van der Waals surface area contributed by atoms with Gasteiger partial charge in [0.1, 0.15) is 5.82 Å². The predicted molar refractivity (Wildman–Crippen MR) is 75.1 cm³/mol. The molecule has 0 aliphatic heterocycles. The Kier molecular flexibility index (Phi) is 2.33. The highest BCUT2D eigenvalue weighted by Gasteiger charge is 2.09. The molecule has 4 heteroatoms. The third-order valence-corrected chi connectivity index (χ3v) is 3.47. The summed E-state index contributed by atoms with van der Waals surface area (Å²) in [5.41, 5.74) is 9.08. The van der Waals surface area contributed by atoms with E-state index in [9.17, 15) is 0 Å². The molecule has 17 heavy (non-hydrogen) atoms. The number of fused-ring (bicyclic) bond motifs is 3. The number of aromatic amines is 1. The second kappa shape index (κ2) is 3.74. The number of H-pyrrole nitrogens is 1. The number of aryl methyl sites for hydroxylation is 1. The molecule has 0 saturated carbocycles. The Morgan fingerprint density at radius 3 is 2.88 bits per heavy atom. The third-order valence-electron chi connectivity index (χ3n) is 2.98. The van der Waals surface area contributed by atoms with E-state index in [1.807, 2.05) is 12.1 Å². The Labute approximate surface area is 107 Å². The Bertz CT molecular complexity index is 715. The van der Waals surface area contributed by atoms with Crippen LogP contribution in [0.3, 0.4) is 0 Å². The lowest BCUT2D eigenvalue weighted by Crippen LogP contribution is -1.95. The van der Waals surface area contributed by atoms with Crippen molar-refractivity contribution in [3.05, 3.63) is 34.4 Å². The van der Waals surface area contributed by atoms with Crippen molar-refractivity contribution in [1.29, 1.82) is 0 Å². The van der Waals surface area contributed by atoms with Crippen LogP contribution < -0.4 is 5.73 Å². The number of anilines is 1. The zero-order valence-electron chi connectivity index (χ0n) is 9.42. The zero-order valence-corrected chi connectivity index (χ0v) is 11.0. The van der Waals surface area contributed by atoms with Gasteiger partial charge in [-0.2, -0.15) is 0 Å². The summed E-state index contributed by atoms with van der Waals surface area (Å²) in [4.78, 5) is 7.79. The molecule has 0 fully saturated rings. The van der Waals surface area contributed by atoms with Crippen LogP contribution in [0.5, 0.6) is 0 Å². The van der Waals surface area contributed by atoms with Gasteiger partial charge < -0.3 is 10.7 Å². The van der Waals surface area contributed by atoms with Crippen molar-refractivity contribution in [2.24, 2.45) is 0 Å². The van der Waals surface area contributed by atoms with Crippen LogP contribution in [-0.2, 0) is 6.42 Å². The van der Waals surface area contributed by atoms with Gasteiger partial charge in [0.25, 0.3) is 0 Å². The molecule has 3 aromatic rings. The minimum absolute atomic E-state index is 0.579. The molecule has 1 aromatic carbocycles. The van der Waals surface area contributed by atoms with Crippen LogP contribution in [-0.4, -0.2) is 9.97 Å². The number of hydrogen-bond donors (Lipinski definition) is 2. The van der Waals surface area contributed by atoms with E-state index in [2.05, 4.69) is 45.0 Å². The molecule has 0 saturated heterocycles. The maximum atomic E-state index is 5.85. The number of nitrogens with two attached hydrogens (primary N) is 1. The highest BCUT2D eigenvalue weighted by molar-refractivity contribution is 9.10. The third kappa shape index (κ3) is 1.60. The number of halogens is 1. The summed E-state index contributed by atoms with van der Waals surface area (Å²) in [6, 6.07) is 8.13. The van der Waals surface area contributed by atoms with E-state index >= 15 is 0 Å². The molecular formula is C13H12BrN3. The van der Waals surface area contributed by atoms with Crippen molar-refractivity contribution in [2.45, 2.75) is 13.3 Å². The Balaban J connectivity index is 2.52. The van der Waals surface area contributed by atoms with Gasteiger partial charge in [-0.25, -0.2) is 4.98 Å². The first kappa shape index (κ1) is 10.6. The Hall–Kier alpha value is -1.55. The predicted octanol–water partition coefficient (Wildman–Crippen LogP) is 3.62. The highest BCUT2D eigenvalue weighted by atomic mass is 79.9. The highest BCUT2D eigenvalue weighted by Crippen LogP contribution is 2.30. The quantitative estimate of drug-likeness (QED) is 0.719. The topological polar surface area (TPSA) is 54.7 Å². The van der Waals surface area contributed by atoms with Crippen LogP contribution in [0.25, 0.3) is 21.8 Å². The number of benzene rings is 1. The largest absolute Gasteiger partial charge is 0.384 e. The molecule has 0 unspecified atom stereocenters. The molecule has 3 N–H and O–H groups in total. The number of aromatic nitrogens is 2. The van der Waals surface area contributed by atoms with Gasteiger partial charge in [-0.1, -0.05) is 22.9 Å². The van der Waals surface area contributed by atoms with Crippen LogP contribution in [0.15, 0.2) is 28.7 Å². The van der Waals surface area contributed by atoms with Crippen molar-refractivity contribution in [1.82, 2.24) is 9.97 Å². The lowest BCUT2D eigenvalue weighted by molar-refractivity contribution is 1.06. The number of nitrogens with one attached hydrogen (secondary N) is 1. The molecule has 0 bridgehead atoms. The van der Waals surface area contributed by atoms with E-state index in [4.69, 9.17) is 5.73 Å². The monoisotopic (exact) mass is 289 g/mol. The summed E-state index contributed by atoms with van der Waals surface area (Å²) < 4.78 is 1.07. The smallest absolute Gasteiger partial charge is 0.124 e. The maximum absolute atomic E-state index is 5.85. The van der Waals surface area contributed by atoms with Crippen molar-refractivity contribution >= 4 is 43.6 Å². The van der Waals surface area contributed by atoms with Gasteiger partial charge in [-0.3, -0.25) is 0 Å². The van der Waals surface area contributed by atoms with E-state index in [-0.39, 0.29) is 0 Å². The van der Waals surface area contributed by atoms with E-state index in [1.54, 1.807) is 0 Å².